The molecule has 162 valence electrons. The number of aromatic amines is 1. The molecule has 5 nitrogen and oxygen atoms in total. The van der Waals surface area contributed by atoms with Gasteiger partial charge in [0.1, 0.15) is 6.10 Å². The van der Waals surface area contributed by atoms with Crippen molar-refractivity contribution in [1.29, 1.82) is 0 Å². The molecule has 2 aromatic carbocycles. The summed E-state index contributed by atoms with van der Waals surface area (Å²) in [4.78, 5) is 20.6. The molecule has 0 unspecified atom stereocenters. The van der Waals surface area contributed by atoms with E-state index in [1.54, 1.807) is 18.2 Å². The second-order valence-electron chi connectivity index (χ2n) is 8.59. The van der Waals surface area contributed by atoms with Crippen LogP contribution in [0.5, 0.6) is 5.75 Å². The first-order chi connectivity index (χ1) is 15.2. The zero-order valence-corrected chi connectivity index (χ0v) is 17.6. The summed E-state index contributed by atoms with van der Waals surface area (Å²) in [5.41, 5.74) is 1.81. The SMILES string of the molecule is O=C(c1ccc2[nH]ccc2c1)N1CCC(N2CCC(Oc3ccccc3F)CC2)CC1. The number of halogens is 1. The fourth-order valence-corrected chi connectivity index (χ4v) is 4.88. The highest BCUT2D eigenvalue weighted by molar-refractivity contribution is 5.98. The van der Waals surface area contributed by atoms with E-state index in [0.717, 1.165) is 68.3 Å². The number of piperidine rings is 2. The number of benzene rings is 2. The fraction of sp³-hybridized carbons (Fsp3) is 0.400. The molecule has 0 radical (unpaired) electrons. The number of hydrogen-bond donors (Lipinski definition) is 1. The summed E-state index contributed by atoms with van der Waals surface area (Å²) < 4.78 is 19.7. The summed E-state index contributed by atoms with van der Waals surface area (Å²) in [7, 11) is 0. The van der Waals surface area contributed by atoms with Gasteiger partial charge in [-0.15, -0.1) is 0 Å². The highest BCUT2D eigenvalue weighted by Crippen LogP contribution is 2.26. The van der Waals surface area contributed by atoms with Crippen molar-refractivity contribution in [3.8, 4) is 5.75 Å². The lowest BCUT2D eigenvalue weighted by atomic mass is 9.98. The minimum absolute atomic E-state index is 0.0677. The first-order valence-electron chi connectivity index (χ1n) is 11.2. The minimum Gasteiger partial charge on any atom is -0.487 e. The molecule has 1 N–H and O–H groups in total. The van der Waals surface area contributed by atoms with E-state index in [4.69, 9.17) is 4.74 Å². The van der Waals surface area contributed by atoms with E-state index >= 15 is 0 Å². The number of H-pyrrole nitrogens is 1. The number of ether oxygens (including phenoxy) is 1. The van der Waals surface area contributed by atoms with Crippen LogP contribution in [-0.4, -0.2) is 59.0 Å². The molecule has 2 aliphatic heterocycles. The molecule has 1 amide bonds. The van der Waals surface area contributed by atoms with Gasteiger partial charge < -0.3 is 14.6 Å². The van der Waals surface area contributed by atoms with Crippen molar-refractivity contribution in [1.82, 2.24) is 14.8 Å². The Hall–Kier alpha value is -2.86. The van der Waals surface area contributed by atoms with Gasteiger partial charge in [-0.3, -0.25) is 9.69 Å². The van der Waals surface area contributed by atoms with Crippen molar-refractivity contribution < 1.29 is 13.9 Å². The van der Waals surface area contributed by atoms with Crippen molar-refractivity contribution in [2.75, 3.05) is 26.2 Å². The zero-order chi connectivity index (χ0) is 21.2. The largest absolute Gasteiger partial charge is 0.487 e. The Kier molecular flexibility index (Phi) is 5.64. The number of rotatable bonds is 4. The number of fused-ring (bicyclic) bond motifs is 1. The fourth-order valence-electron chi connectivity index (χ4n) is 4.88. The molecule has 2 fully saturated rings. The van der Waals surface area contributed by atoms with Gasteiger partial charge in [-0.2, -0.15) is 0 Å². The maximum Gasteiger partial charge on any atom is 0.253 e. The maximum absolute atomic E-state index is 13.8. The van der Waals surface area contributed by atoms with Gasteiger partial charge in [0.05, 0.1) is 0 Å². The van der Waals surface area contributed by atoms with Crippen LogP contribution in [0.1, 0.15) is 36.0 Å². The van der Waals surface area contributed by atoms with Crippen LogP contribution in [0.15, 0.2) is 54.7 Å². The quantitative estimate of drug-likeness (QED) is 0.677. The number of para-hydroxylation sites is 1. The summed E-state index contributed by atoms with van der Waals surface area (Å²) in [6.45, 7) is 3.50. The molecule has 2 aliphatic rings. The van der Waals surface area contributed by atoms with Gasteiger partial charge in [0.2, 0.25) is 0 Å². The van der Waals surface area contributed by atoms with Gasteiger partial charge in [0.15, 0.2) is 11.6 Å². The standard InChI is InChI=1S/C25H28FN3O2/c26-22-3-1-2-4-24(22)31-21-10-15-28(16-11-21)20-8-13-29(14-9-20)25(30)19-5-6-23-18(17-19)7-12-27-23/h1-7,12,17,20-21,27H,8-11,13-16H2. The molecule has 5 rings (SSSR count). The number of nitrogens with zero attached hydrogens (tertiary/aromatic N) is 2. The summed E-state index contributed by atoms with van der Waals surface area (Å²) in [5.74, 6) is 0.182. The Morgan fingerprint density at radius 1 is 0.968 bits per heavy atom. The lowest BCUT2D eigenvalue weighted by Gasteiger charge is -2.41. The van der Waals surface area contributed by atoms with Gasteiger partial charge >= 0.3 is 0 Å². The average molecular weight is 422 g/mol. The number of carbonyl (C=O) groups is 1. The normalized spacial score (nSPS) is 19.1. The summed E-state index contributed by atoms with van der Waals surface area (Å²) in [6, 6.07) is 15.0. The topological polar surface area (TPSA) is 48.6 Å². The number of amides is 1. The van der Waals surface area contributed by atoms with Gasteiger partial charge in [-0.1, -0.05) is 12.1 Å². The molecule has 0 saturated carbocycles. The molecule has 3 aromatic rings. The van der Waals surface area contributed by atoms with E-state index in [1.165, 1.54) is 6.07 Å². The first-order valence-corrected chi connectivity index (χ1v) is 11.2. The molecule has 0 spiro atoms. The predicted molar refractivity (Wildman–Crippen MR) is 119 cm³/mol. The van der Waals surface area contributed by atoms with Crippen molar-refractivity contribution >= 4 is 16.8 Å². The number of carbonyl (C=O) groups excluding carboxylic acids is 1. The van der Waals surface area contributed by atoms with Gasteiger partial charge in [-0.05, 0) is 62.1 Å². The Morgan fingerprint density at radius 2 is 1.74 bits per heavy atom. The van der Waals surface area contributed by atoms with Crippen molar-refractivity contribution in [3.63, 3.8) is 0 Å². The Morgan fingerprint density at radius 3 is 2.52 bits per heavy atom. The van der Waals surface area contributed by atoms with Crippen LogP contribution in [0.4, 0.5) is 4.39 Å². The highest BCUT2D eigenvalue weighted by Gasteiger charge is 2.30. The molecule has 1 aromatic heterocycles. The number of likely N-dealkylation sites (tertiary alicyclic amines) is 2. The molecule has 6 heteroatoms. The van der Waals surface area contributed by atoms with E-state index in [0.29, 0.717) is 11.8 Å². The van der Waals surface area contributed by atoms with E-state index in [-0.39, 0.29) is 17.8 Å². The lowest BCUT2D eigenvalue weighted by Crippen LogP contribution is -2.50. The molecular formula is C25H28FN3O2. The van der Waals surface area contributed by atoms with Crippen LogP contribution in [0.3, 0.4) is 0 Å². The third kappa shape index (κ3) is 4.30. The maximum atomic E-state index is 13.8. The monoisotopic (exact) mass is 421 g/mol. The lowest BCUT2D eigenvalue weighted by molar-refractivity contribution is 0.0416. The second kappa shape index (κ2) is 8.71. The summed E-state index contributed by atoms with van der Waals surface area (Å²) >= 11 is 0. The van der Waals surface area contributed by atoms with Crippen LogP contribution in [0, 0.1) is 5.82 Å². The predicted octanol–water partition coefficient (Wildman–Crippen LogP) is 4.46. The van der Waals surface area contributed by atoms with Crippen molar-refractivity contribution in [2.45, 2.75) is 37.8 Å². The third-order valence-electron chi connectivity index (χ3n) is 6.68. The Bertz CT molecular complexity index is 1050. The Balaban J connectivity index is 1.12. The van der Waals surface area contributed by atoms with Gasteiger partial charge in [0.25, 0.3) is 5.91 Å². The molecule has 0 bridgehead atoms. The Labute approximate surface area is 181 Å². The molecule has 3 heterocycles. The van der Waals surface area contributed by atoms with E-state index < -0.39 is 0 Å². The zero-order valence-electron chi connectivity index (χ0n) is 17.6. The van der Waals surface area contributed by atoms with Crippen LogP contribution < -0.4 is 4.74 Å². The van der Waals surface area contributed by atoms with Gasteiger partial charge in [0, 0.05) is 54.9 Å². The third-order valence-corrected chi connectivity index (χ3v) is 6.68. The first kappa shape index (κ1) is 20.1. The van der Waals surface area contributed by atoms with E-state index in [1.807, 2.05) is 35.4 Å². The molecule has 31 heavy (non-hydrogen) atoms. The summed E-state index contributed by atoms with van der Waals surface area (Å²) in [5, 5.41) is 1.07. The summed E-state index contributed by atoms with van der Waals surface area (Å²) in [6.07, 6.45) is 5.77. The van der Waals surface area contributed by atoms with Crippen LogP contribution in [0.25, 0.3) is 10.9 Å². The van der Waals surface area contributed by atoms with Crippen LogP contribution in [-0.2, 0) is 0 Å². The molecule has 2 saturated heterocycles. The number of hydrogen-bond acceptors (Lipinski definition) is 3. The van der Waals surface area contributed by atoms with Gasteiger partial charge in [-0.25, -0.2) is 4.39 Å². The van der Waals surface area contributed by atoms with Crippen molar-refractivity contribution in [3.05, 3.63) is 66.1 Å². The van der Waals surface area contributed by atoms with Crippen molar-refractivity contribution in [2.24, 2.45) is 0 Å². The minimum atomic E-state index is -0.294. The number of nitrogens with one attached hydrogen (secondary N) is 1. The van der Waals surface area contributed by atoms with E-state index in [9.17, 15) is 9.18 Å². The molecule has 0 atom stereocenters. The van der Waals surface area contributed by atoms with Crippen LogP contribution in [0.2, 0.25) is 0 Å². The highest BCUT2D eigenvalue weighted by atomic mass is 19.1. The van der Waals surface area contributed by atoms with E-state index in [2.05, 4.69) is 9.88 Å². The molecular weight excluding hydrogens is 393 g/mol. The average Bonchev–Trinajstić information content (AvgIpc) is 3.29. The van der Waals surface area contributed by atoms with Crippen LogP contribution >= 0.6 is 0 Å². The smallest absolute Gasteiger partial charge is 0.253 e. The number of aromatic nitrogens is 1. The molecule has 0 aliphatic carbocycles. The second-order valence-corrected chi connectivity index (χ2v) is 8.59.